The van der Waals surface area contributed by atoms with Gasteiger partial charge in [-0.2, -0.15) is 0 Å². The number of carbonyl (C=O) groups is 1. The summed E-state index contributed by atoms with van der Waals surface area (Å²) in [5.74, 6) is -3.61. The molecule has 3 rings (SSSR count). The number of nitrogens with one attached hydrogen (secondary N) is 1. The van der Waals surface area contributed by atoms with E-state index >= 15 is 0 Å². The van der Waals surface area contributed by atoms with Crippen LogP contribution in [0, 0.1) is 5.41 Å². The SMILES string of the molecule is CN1C(=N)CC(C)(c2sc(Br)cc2Cl)C(c2ccc(C(C)(F)F)cc2)C1=O. The summed E-state index contributed by atoms with van der Waals surface area (Å²) in [7, 11) is 1.57. The number of likely N-dealkylation sites (N-methyl/N-ethyl adjacent to an activating group) is 1. The van der Waals surface area contributed by atoms with Gasteiger partial charge < -0.3 is 4.90 Å². The second kappa shape index (κ2) is 6.94. The number of thiophene rings is 1. The summed E-state index contributed by atoms with van der Waals surface area (Å²) in [6.07, 6.45) is 0.318. The number of benzene rings is 1. The van der Waals surface area contributed by atoms with Gasteiger partial charge >= 0.3 is 0 Å². The third-order valence-corrected chi connectivity index (χ3v) is 7.41. The molecule has 0 radical (unpaired) electrons. The minimum Gasteiger partial charge on any atom is -0.303 e. The van der Waals surface area contributed by atoms with Gasteiger partial charge in [0.2, 0.25) is 5.91 Å². The van der Waals surface area contributed by atoms with Crippen molar-refractivity contribution in [3.63, 3.8) is 0 Å². The molecule has 1 aromatic heterocycles. The van der Waals surface area contributed by atoms with E-state index in [1.165, 1.54) is 28.4 Å². The Morgan fingerprint density at radius 3 is 2.44 bits per heavy atom. The maximum absolute atomic E-state index is 13.6. The van der Waals surface area contributed by atoms with Crippen LogP contribution >= 0.6 is 38.9 Å². The van der Waals surface area contributed by atoms with Crippen LogP contribution in [0.4, 0.5) is 8.78 Å². The number of carbonyl (C=O) groups excluding carboxylic acids is 1. The summed E-state index contributed by atoms with van der Waals surface area (Å²) in [5, 5.41) is 8.76. The number of hydrogen-bond donors (Lipinski definition) is 1. The molecule has 0 saturated carbocycles. The molecular formula is C19H18BrClF2N2OS. The maximum atomic E-state index is 13.6. The second-order valence-corrected chi connectivity index (χ2v) is 9.95. The van der Waals surface area contributed by atoms with Gasteiger partial charge in [0.15, 0.2) is 0 Å². The Hall–Kier alpha value is -1.31. The summed E-state index contributed by atoms with van der Waals surface area (Å²) < 4.78 is 28.0. The normalized spacial score (nSPS) is 23.8. The van der Waals surface area contributed by atoms with E-state index in [2.05, 4.69) is 15.9 Å². The number of piperidine rings is 1. The van der Waals surface area contributed by atoms with Crippen molar-refractivity contribution in [2.75, 3.05) is 7.05 Å². The fraction of sp³-hybridized carbons (Fsp3) is 0.368. The Bertz CT molecular complexity index is 909. The van der Waals surface area contributed by atoms with Gasteiger partial charge in [0.05, 0.1) is 14.7 Å². The fourth-order valence-electron chi connectivity index (χ4n) is 3.59. The average Bonchev–Trinajstić information content (AvgIpc) is 2.92. The first-order valence-corrected chi connectivity index (χ1v) is 10.2. The van der Waals surface area contributed by atoms with Crippen LogP contribution in [0.5, 0.6) is 0 Å². The lowest BCUT2D eigenvalue weighted by molar-refractivity contribution is -0.131. The zero-order chi connectivity index (χ0) is 20.1. The molecule has 0 spiro atoms. The number of nitrogens with zero attached hydrogens (tertiary/aromatic N) is 1. The summed E-state index contributed by atoms with van der Waals surface area (Å²) in [6.45, 7) is 2.75. The number of halogens is 4. The molecule has 1 aliphatic rings. The molecule has 144 valence electrons. The number of rotatable bonds is 3. The molecule has 2 heterocycles. The van der Waals surface area contributed by atoms with E-state index in [-0.39, 0.29) is 17.3 Å². The highest BCUT2D eigenvalue weighted by Crippen LogP contribution is 2.51. The quantitative estimate of drug-likeness (QED) is 0.568. The molecule has 1 amide bonds. The average molecular weight is 476 g/mol. The van der Waals surface area contributed by atoms with Crippen LogP contribution in [0.3, 0.4) is 0 Å². The van der Waals surface area contributed by atoms with Crippen molar-refractivity contribution in [2.45, 2.75) is 37.5 Å². The van der Waals surface area contributed by atoms with E-state index in [0.717, 1.165) is 15.6 Å². The Balaban J connectivity index is 2.14. The van der Waals surface area contributed by atoms with Gasteiger partial charge in [0.25, 0.3) is 5.92 Å². The minimum absolute atomic E-state index is 0.103. The lowest BCUT2D eigenvalue weighted by Crippen LogP contribution is -2.52. The van der Waals surface area contributed by atoms with Crippen LogP contribution in [0.1, 0.15) is 42.2 Å². The zero-order valence-electron chi connectivity index (χ0n) is 14.9. The zero-order valence-corrected chi connectivity index (χ0v) is 18.1. The van der Waals surface area contributed by atoms with Crippen molar-refractivity contribution >= 4 is 50.6 Å². The van der Waals surface area contributed by atoms with E-state index in [1.54, 1.807) is 25.2 Å². The Morgan fingerprint density at radius 2 is 1.96 bits per heavy atom. The molecule has 2 atom stereocenters. The highest BCUT2D eigenvalue weighted by Gasteiger charge is 2.50. The summed E-state index contributed by atoms with van der Waals surface area (Å²) in [4.78, 5) is 15.2. The standard InChI is InChI=1S/C19H18BrClF2N2OS/c1-18(16-12(21)8-13(20)27-16)9-14(24)25(3)17(26)15(18)10-4-6-11(7-5-10)19(2,22)23/h4-8,15,24H,9H2,1-3H3. The molecule has 3 nitrogen and oxygen atoms in total. The fourth-order valence-corrected chi connectivity index (χ4v) is 5.89. The monoisotopic (exact) mass is 474 g/mol. The molecule has 8 heteroatoms. The van der Waals surface area contributed by atoms with Gasteiger partial charge in [0.1, 0.15) is 5.84 Å². The van der Waals surface area contributed by atoms with Crippen molar-refractivity contribution in [3.05, 3.63) is 55.1 Å². The van der Waals surface area contributed by atoms with Crippen molar-refractivity contribution in [1.29, 1.82) is 5.41 Å². The summed E-state index contributed by atoms with van der Waals surface area (Å²) in [6, 6.07) is 7.64. The molecule has 1 aromatic carbocycles. The summed E-state index contributed by atoms with van der Waals surface area (Å²) >= 11 is 11.3. The first kappa shape index (κ1) is 20.4. The topological polar surface area (TPSA) is 44.2 Å². The largest absolute Gasteiger partial charge is 0.303 e. The molecule has 27 heavy (non-hydrogen) atoms. The first-order chi connectivity index (χ1) is 12.4. The van der Waals surface area contributed by atoms with Gasteiger partial charge in [0, 0.05) is 36.2 Å². The van der Waals surface area contributed by atoms with E-state index < -0.39 is 17.3 Å². The van der Waals surface area contributed by atoms with Crippen molar-refractivity contribution < 1.29 is 13.6 Å². The molecule has 1 aliphatic heterocycles. The molecular weight excluding hydrogens is 458 g/mol. The highest BCUT2D eigenvalue weighted by molar-refractivity contribution is 9.11. The predicted molar refractivity (Wildman–Crippen MR) is 108 cm³/mol. The molecule has 0 bridgehead atoms. The number of alkyl halides is 2. The molecule has 1 fully saturated rings. The van der Waals surface area contributed by atoms with Crippen LogP contribution in [-0.2, 0) is 16.1 Å². The van der Waals surface area contributed by atoms with E-state index in [9.17, 15) is 13.6 Å². The third kappa shape index (κ3) is 3.57. The van der Waals surface area contributed by atoms with Crippen molar-refractivity contribution in [3.8, 4) is 0 Å². The van der Waals surface area contributed by atoms with Gasteiger partial charge in [-0.3, -0.25) is 10.2 Å². The molecule has 1 N–H and O–H groups in total. The molecule has 2 aromatic rings. The Morgan fingerprint density at radius 1 is 1.37 bits per heavy atom. The highest BCUT2D eigenvalue weighted by atomic mass is 79.9. The van der Waals surface area contributed by atoms with Gasteiger partial charge in [-0.25, -0.2) is 8.78 Å². The van der Waals surface area contributed by atoms with Crippen LogP contribution in [0.25, 0.3) is 0 Å². The molecule has 2 unspecified atom stereocenters. The lowest BCUT2D eigenvalue weighted by Gasteiger charge is -2.44. The number of amides is 1. The van der Waals surface area contributed by atoms with Crippen molar-refractivity contribution in [1.82, 2.24) is 4.90 Å². The van der Waals surface area contributed by atoms with Crippen LogP contribution in [0.15, 0.2) is 34.1 Å². The second-order valence-electron chi connectivity index (χ2n) is 7.11. The van der Waals surface area contributed by atoms with E-state index in [1.807, 2.05) is 6.92 Å². The molecule has 1 saturated heterocycles. The maximum Gasteiger partial charge on any atom is 0.270 e. The minimum atomic E-state index is -2.95. The number of amidine groups is 1. The van der Waals surface area contributed by atoms with Crippen LogP contribution in [0.2, 0.25) is 5.02 Å². The predicted octanol–water partition coefficient (Wildman–Crippen LogP) is 6.16. The number of likely N-dealkylation sites (tertiary alicyclic amines) is 1. The van der Waals surface area contributed by atoms with Gasteiger partial charge in [-0.15, -0.1) is 11.3 Å². The van der Waals surface area contributed by atoms with Crippen molar-refractivity contribution in [2.24, 2.45) is 0 Å². The first-order valence-electron chi connectivity index (χ1n) is 8.23. The van der Waals surface area contributed by atoms with E-state index in [4.69, 9.17) is 17.0 Å². The lowest BCUT2D eigenvalue weighted by atomic mass is 9.67. The molecule has 0 aliphatic carbocycles. The summed E-state index contributed by atoms with van der Waals surface area (Å²) in [5.41, 5.74) is -0.213. The Kier molecular flexibility index (Phi) is 5.25. The third-order valence-electron chi connectivity index (χ3n) is 5.08. The van der Waals surface area contributed by atoms with E-state index in [0.29, 0.717) is 17.0 Å². The number of hydrogen-bond acceptors (Lipinski definition) is 3. The van der Waals surface area contributed by atoms with Crippen LogP contribution in [-0.4, -0.2) is 23.7 Å². The van der Waals surface area contributed by atoms with Gasteiger partial charge in [-0.1, -0.05) is 42.8 Å². The smallest absolute Gasteiger partial charge is 0.270 e. The van der Waals surface area contributed by atoms with Crippen LogP contribution < -0.4 is 0 Å². The van der Waals surface area contributed by atoms with Gasteiger partial charge in [-0.05, 0) is 27.6 Å². The Labute approximate surface area is 174 Å².